The van der Waals surface area contributed by atoms with Gasteiger partial charge in [0.15, 0.2) is 0 Å². The molecule has 0 aromatic heterocycles. The molecule has 1 aliphatic rings. The van der Waals surface area contributed by atoms with Gasteiger partial charge in [0.1, 0.15) is 0 Å². The summed E-state index contributed by atoms with van der Waals surface area (Å²) in [6, 6.07) is 6.88. The molecule has 22 heavy (non-hydrogen) atoms. The van der Waals surface area contributed by atoms with E-state index in [1.54, 1.807) is 0 Å². The third-order valence-electron chi connectivity index (χ3n) is 4.45. The Hall–Kier alpha value is -1.07. The number of hydrogen-bond donors (Lipinski definition) is 2. The van der Waals surface area contributed by atoms with Gasteiger partial charge in [-0.3, -0.25) is 0 Å². The van der Waals surface area contributed by atoms with Crippen LogP contribution in [0, 0.1) is 0 Å². The highest BCUT2D eigenvalue weighted by Crippen LogP contribution is 2.36. The first-order chi connectivity index (χ1) is 10.3. The van der Waals surface area contributed by atoms with Crippen molar-refractivity contribution in [2.75, 3.05) is 7.05 Å². The van der Waals surface area contributed by atoms with E-state index in [1.807, 2.05) is 13.1 Å². The molecule has 0 saturated heterocycles. The van der Waals surface area contributed by atoms with Crippen LogP contribution in [0.2, 0.25) is 0 Å². The van der Waals surface area contributed by atoms with Gasteiger partial charge in [-0.15, -0.1) is 0 Å². The second-order valence-corrected chi connectivity index (χ2v) is 6.46. The topological polar surface area (TPSA) is 24.1 Å². The van der Waals surface area contributed by atoms with E-state index >= 15 is 0 Å². The molecular weight excluding hydrogens is 289 g/mol. The second-order valence-electron chi connectivity index (χ2n) is 6.46. The minimum Gasteiger partial charge on any atom is -0.315 e. The van der Waals surface area contributed by atoms with Crippen molar-refractivity contribution in [1.29, 1.82) is 0 Å². The van der Waals surface area contributed by atoms with Gasteiger partial charge in [0.2, 0.25) is 0 Å². The maximum Gasteiger partial charge on any atom is 0.416 e. The molecule has 2 N–H and O–H groups in total. The van der Waals surface area contributed by atoms with Gasteiger partial charge in [-0.25, -0.2) is 0 Å². The maximum atomic E-state index is 12.9. The van der Waals surface area contributed by atoms with Crippen molar-refractivity contribution < 1.29 is 13.2 Å². The van der Waals surface area contributed by atoms with Gasteiger partial charge in [0, 0.05) is 18.1 Å². The molecule has 0 aliphatic heterocycles. The summed E-state index contributed by atoms with van der Waals surface area (Å²) in [6.07, 6.45) is -1.51. The molecule has 1 fully saturated rings. The first kappa shape index (κ1) is 17.3. The highest BCUT2D eigenvalue weighted by Gasteiger charge is 2.33. The smallest absolute Gasteiger partial charge is 0.315 e. The van der Waals surface area contributed by atoms with Gasteiger partial charge in [-0.05, 0) is 43.9 Å². The van der Waals surface area contributed by atoms with Crippen molar-refractivity contribution in [1.82, 2.24) is 10.6 Å². The molecular formula is C17H25F3N2. The Kier molecular flexibility index (Phi) is 5.50. The lowest BCUT2D eigenvalue weighted by Crippen LogP contribution is -2.51. The third-order valence-corrected chi connectivity index (χ3v) is 4.45. The monoisotopic (exact) mass is 314 g/mol. The Morgan fingerprint density at radius 2 is 1.86 bits per heavy atom. The molecule has 1 aromatic rings. The van der Waals surface area contributed by atoms with Crippen LogP contribution in [0.5, 0.6) is 0 Å². The fourth-order valence-corrected chi connectivity index (χ4v) is 3.39. The first-order valence-electron chi connectivity index (χ1n) is 7.91. The Balaban J connectivity index is 2.11. The van der Waals surface area contributed by atoms with Gasteiger partial charge < -0.3 is 10.6 Å². The predicted molar refractivity (Wildman–Crippen MR) is 82.9 cm³/mol. The second kappa shape index (κ2) is 7.01. The summed E-state index contributed by atoms with van der Waals surface area (Å²) in [7, 11) is 1.92. The van der Waals surface area contributed by atoms with Crippen LogP contribution in [0.3, 0.4) is 0 Å². The largest absolute Gasteiger partial charge is 0.416 e. The third kappa shape index (κ3) is 4.23. The Morgan fingerprint density at radius 3 is 2.45 bits per heavy atom. The molecule has 1 aromatic carbocycles. The number of rotatable bonds is 4. The van der Waals surface area contributed by atoms with E-state index in [9.17, 15) is 13.2 Å². The number of benzene rings is 1. The van der Waals surface area contributed by atoms with Crippen molar-refractivity contribution in [2.45, 2.75) is 63.3 Å². The van der Waals surface area contributed by atoms with Crippen LogP contribution in [0.1, 0.15) is 50.2 Å². The summed E-state index contributed by atoms with van der Waals surface area (Å²) in [5, 5.41) is 6.87. The summed E-state index contributed by atoms with van der Waals surface area (Å²) in [5.74, 6) is 0.185. The standard InChI is InChI=1S/C17H25F3N2/c1-11(2)22-15-8-7-13(10-16(15)21-3)12-5-4-6-14(9-12)17(18,19)20/h4-6,9,11,13,15-16,21-22H,7-8,10H2,1-3H3/t13-,15-,16-/m0/s1. The molecule has 0 heterocycles. The minimum atomic E-state index is -4.27. The number of nitrogens with one attached hydrogen (secondary N) is 2. The molecule has 0 bridgehead atoms. The number of alkyl halides is 3. The zero-order valence-electron chi connectivity index (χ0n) is 13.4. The van der Waals surface area contributed by atoms with Crippen LogP contribution in [0.15, 0.2) is 24.3 Å². The van der Waals surface area contributed by atoms with Crippen LogP contribution in [0.4, 0.5) is 13.2 Å². The van der Waals surface area contributed by atoms with Crippen molar-refractivity contribution in [3.8, 4) is 0 Å². The zero-order valence-corrected chi connectivity index (χ0v) is 13.4. The van der Waals surface area contributed by atoms with Crippen LogP contribution in [-0.2, 0) is 6.18 Å². The normalized spacial score (nSPS) is 26.4. The molecule has 0 amide bonds. The van der Waals surface area contributed by atoms with E-state index < -0.39 is 11.7 Å². The molecule has 1 aliphatic carbocycles. The Labute approximate surface area is 130 Å². The summed E-state index contributed by atoms with van der Waals surface area (Å²) < 4.78 is 38.6. The average Bonchev–Trinajstić information content (AvgIpc) is 2.46. The lowest BCUT2D eigenvalue weighted by atomic mass is 9.78. The molecule has 0 radical (unpaired) electrons. The Bertz CT molecular complexity index is 485. The van der Waals surface area contributed by atoms with E-state index in [0.29, 0.717) is 12.1 Å². The maximum absolute atomic E-state index is 12.9. The average molecular weight is 314 g/mol. The molecule has 5 heteroatoms. The summed E-state index contributed by atoms with van der Waals surface area (Å²) in [5.41, 5.74) is 0.256. The SMILES string of the molecule is CN[C@H]1C[C@@H](c2cccc(C(F)(F)F)c2)CC[C@@H]1NC(C)C. The van der Waals surface area contributed by atoms with Crippen molar-refractivity contribution >= 4 is 0 Å². The number of hydrogen-bond acceptors (Lipinski definition) is 2. The van der Waals surface area contributed by atoms with Gasteiger partial charge in [0.25, 0.3) is 0 Å². The summed E-state index contributed by atoms with van der Waals surface area (Å²) in [6.45, 7) is 4.23. The van der Waals surface area contributed by atoms with Gasteiger partial charge in [-0.1, -0.05) is 32.0 Å². The molecule has 2 nitrogen and oxygen atoms in total. The number of likely N-dealkylation sites (N-methyl/N-ethyl adjacent to an activating group) is 1. The quantitative estimate of drug-likeness (QED) is 0.880. The van der Waals surface area contributed by atoms with Gasteiger partial charge in [-0.2, -0.15) is 13.2 Å². The first-order valence-corrected chi connectivity index (χ1v) is 7.91. The van der Waals surface area contributed by atoms with Crippen molar-refractivity contribution in [3.63, 3.8) is 0 Å². The van der Waals surface area contributed by atoms with Crippen LogP contribution in [0.25, 0.3) is 0 Å². The van der Waals surface area contributed by atoms with Crippen LogP contribution in [-0.4, -0.2) is 25.2 Å². The summed E-state index contributed by atoms with van der Waals surface area (Å²) in [4.78, 5) is 0. The molecule has 1 saturated carbocycles. The predicted octanol–water partition coefficient (Wildman–Crippen LogP) is 3.93. The van der Waals surface area contributed by atoms with E-state index in [-0.39, 0.29) is 12.0 Å². The molecule has 0 unspecified atom stereocenters. The minimum absolute atomic E-state index is 0.185. The summed E-state index contributed by atoms with van der Waals surface area (Å²) >= 11 is 0. The van der Waals surface area contributed by atoms with Crippen LogP contribution >= 0.6 is 0 Å². The lowest BCUT2D eigenvalue weighted by Gasteiger charge is -2.38. The van der Waals surface area contributed by atoms with E-state index in [4.69, 9.17) is 0 Å². The molecule has 124 valence electrons. The van der Waals surface area contributed by atoms with Crippen molar-refractivity contribution in [2.24, 2.45) is 0 Å². The van der Waals surface area contributed by atoms with Crippen molar-refractivity contribution in [3.05, 3.63) is 35.4 Å². The molecule has 0 spiro atoms. The fourth-order valence-electron chi connectivity index (χ4n) is 3.39. The zero-order chi connectivity index (χ0) is 16.3. The number of halogens is 3. The van der Waals surface area contributed by atoms with E-state index in [2.05, 4.69) is 24.5 Å². The lowest BCUT2D eigenvalue weighted by molar-refractivity contribution is -0.137. The fraction of sp³-hybridized carbons (Fsp3) is 0.647. The Morgan fingerprint density at radius 1 is 1.14 bits per heavy atom. The van der Waals surface area contributed by atoms with Gasteiger partial charge >= 0.3 is 6.18 Å². The van der Waals surface area contributed by atoms with Gasteiger partial charge in [0.05, 0.1) is 5.56 Å². The highest BCUT2D eigenvalue weighted by molar-refractivity contribution is 5.29. The van der Waals surface area contributed by atoms with Crippen LogP contribution < -0.4 is 10.6 Å². The van der Waals surface area contributed by atoms with E-state index in [1.165, 1.54) is 12.1 Å². The highest BCUT2D eigenvalue weighted by atomic mass is 19.4. The van der Waals surface area contributed by atoms with E-state index in [0.717, 1.165) is 30.9 Å². The molecule has 3 atom stereocenters. The molecule has 2 rings (SSSR count).